The highest BCUT2D eigenvalue weighted by atomic mass is 17.0. The fourth-order valence-corrected chi connectivity index (χ4v) is 1.12. The molecule has 0 saturated heterocycles. The van der Waals surface area contributed by atoms with Gasteiger partial charge >= 0.3 is 0 Å². The van der Waals surface area contributed by atoms with Crippen molar-refractivity contribution < 1.29 is 20.4 Å². The molecule has 0 spiro atoms. The van der Waals surface area contributed by atoms with E-state index in [1.807, 2.05) is 48.5 Å². The lowest BCUT2D eigenvalue weighted by molar-refractivity contribution is -0.176. The molecule has 0 amide bonds. The molecule has 0 aliphatic carbocycles. The van der Waals surface area contributed by atoms with E-state index < -0.39 is 0 Å². The van der Waals surface area contributed by atoms with Gasteiger partial charge in [-0.3, -0.25) is 15.3 Å². The van der Waals surface area contributed by atoms with Crippen LogP contribution in [0.15, 0.2) is 60.7 Å². The standard InChI is InChI=1S/C7H8O.C7H6O.H2O2/c2*8-6-7-4-2-1-3-5-7;1-2/h1-5,8H,6H2;1-6H;1-2H. The zero-order chi connectivity index (χ0) is 13.6. The number of carbonyl (C=O) groups is 1. The van der Waals surface area contributed by atoms with Gasteiger partial charge in [-0.1, -0.05) is 60.7 Å². The Kier molecular flexibility index (Phi) is 10.2. The van der Waals surface area contributed by atoms with Crippen LogP contribution < -0.4 is 0 Å². The van der Waals surface area contributed by atoms with Gasteiger partial charge in [-0.25, -0.2) is 0 Å². The Bertz CT molecular complexity index is 401. The third-order valence-corrected chi connectivity index (χ3v) is 1.96. The van der Waals surface area contributed by atoms with E-state index in [4.69, 9.17) is 15.6 Å². The highest BCUT2D eigenvalue weighted by molar-refractivity contribution is 5.74. The Balaban J connectivity index is 0.000000283. The summed E-state index contributed by atoms with van der Waals surface area (Å²) in [5.41, 5.74) is 1.69. The molecule has 3 N–H and O–H groups in total. The van der Waals surface area contributed by atoms with E-state index in [9.17, 15) is 4.79 Å². The smallest absolute Gasteiger partial charge is 0.150 e. The van der Waals surface area contributed by atoms with Gasteiger partial charge in [0.25, 0.3) is 0 Å². The van der Waals surface area contributed by atoms with E-state index in [0.717, 1.165) is 17.4 Å². The molecule has 0 fully saturated rings. The minimum Gasteiger partial charge on any atom is -0.392 e. The Morgan fingerprint density at radius 3 is 1.56 bits per heavy atom. The van der Waals surface area contributed by atoms with E-state index in [1.165, 1.54) is 0 Å². The molecule has 0 atom stereocenters. The molecule has 0 aliphatic heterocycles. The highest BCUT2D eigenvalue weighted by Crippen LogP contribution is 1.95. The maximum absolute atomic E-state index is 10.0. The van der Waals surface area contributed by atoms with Gasteiger partial charge in [0, 0.05) is 5.56 Å². The van der Waals surface area contributed by atoms with Crippen molar-refractivity contribution in [3.05, 3.63) is 71.8 Å². The van der Waals surface area contributed by atoms with Gasteiger partial charge in [-0.05, 0) is 5.56 Å². The number of rotatable bonds is 2. The van der Waals surface area contributed by atoms with Gasteiger partial charge in [-0.15, -0.1) is 0 Å². The van der Waals surface area contributed by atoms with Crippen molar-refractivity contribution in [1.82, 2.24) is 0 Å². The zero-order valence-electron chi connectivity index (χ0n) is 9.81. The molecule has 2 aromatic rings. The minimum atomic E-state index is 0.140. The molecular formula is C14H16O4. The number of benzene rings is 2. The molecule has 0 saturated carbocycles. The summed E-state index contributed by atoms with van der Waals surface area (Å²) in [4.78, 5) is 10.0. The number of aldehydes is 1. The summed E-state index contributed by atoms with van der Waals surface area (Å²) in [6, 6.07) is 18.6. The average molecular weight is 248 g/mol. The van der Waals surface area contributed by atoms with E-state index in [-0.39, 0.29) is 6.61 Å². The molecule has 0 unspecified atom stereocenters. The van der Waals surface area contributed by atoms with Gasteiger partial charge in [0.05, 0.1) is 6.61 Å². The van der Waals surface area contributed by atoms with Crippen molar-refractivity contribution in [3.63, 3.8) is 0 Å². The SMILES string of the molecule is O=Cc1ccccc1.OCc1ccccc1.OO. The van der Waals surface area contributed by atoms with Crippen molar-refractivity contribution in [2.75, 3.05) is 0 Å². The predicted molar refractivity (Wildman–Crippen MR) is 69.5 cm³/mol. The van der Waals surface area contributed by atoms with Gasteiger partial charge in [0.1, 0.15) is 6.29 Å². The summed E-state index contributed by atoms with van der Waals surface area (Å²) in [5.74, 6) is 0. The summed E-state index contributed by atoms with van der Waals surface area (Å²) < 4.78 is 0. The summed E-state index contributed by atoms with van der Waals surface area (Å²) in [6.07, 6.45) is 0.833. The molecule has 0 bridgehead atoms. The van der Waals surface area contributed by atoms with E-state index in [2.05, 4.69) is 0 Å². The van der Waals surface area contributed by atoms with E-state index in [0.29, 0.717) is 0 Å². The molecule has 0 heterocycles. The first-order valence-corrected chi connectivity index (χ1v) is 5.22. The van der Waals surface area contributed by atoms with Crippen molar-refractivity contribution in [2.45, 2.75) is 6.61 Å². The third kappa shape index (κ3) is 7.29. The zero-order valence-corrected chi connectivity index (χ0v) is 9.81. The highest BCUT2D eigenvalue weighted by Gasteiger charge is 1.81. The predicted octanol–water partition coefficient (Wildman–Crippen LogP) is 2.70. The number of aliphatic hydroxyl groups is 1. The number of hydrogen-bond donors (Lipinski definition) is 3. The molecule has 18 heavy (non-hydrogen) atoms. The van der Waals surface area contributed by atoms with Crippen LogP contribution >= 0.6 is 0 Å². The third-order valence-electron chi connectivity index (χ3n) is 1.96. The van der Waals surface area contributed by atoms with Crippen LogP contribution in [0.3, 0.4) is 0 Å². The number of hydrogen-bond acceptors (Lipinski definition) is 4. The lowest BCUT2D eigenvalue weighted by Gasteiger charge is -1.89. The van der Waals surface area contributed by atoms with E-state index >= 15 is 0 Å². The maximum atomic E-state index is 10.0. The van der Waals surface area contributed by atoms with Gasteiger partial charge < -0.3 is 5.11 Å². The van der Waals surface area contributed by atoms with E-state index in [1.54, 1.807) is 12.1 Å². The lowest BCUT2D eigenvalue weighted by atomic mass is 10.2. The summed E-state index contributed by atoms with van der Waals surface area (Å²) in [5, 5.41) is 20.5. The molecule has 2 aromatic carbocycles. The second kappa shape index (κ2) is 11.5. The van der Waals surface area contributed by atoms with Crippen LogP contribution in [0.4, 0.5) is 0 Å². The number of aliphatic hydroxyl groups excluding tert-OH is 1. The first kappa shape index (κ1) is 16.0. The van der Waals surface area contributed by atoms with Crippen LogP contribution in [0.1, 0.15) is 15.9 Å². The normalized spacial score (nSPS) is 8.17. The van der Waals surface area contributed by atoms with Gasteiger partial charge in [0.2, 0.25) is 0 Å². The van der Waals surface area contributed by atoms with Crippen LogP contribution in [0, 0.1) is 0 Å². The first-order valence-electron chi connectivity index (χ1n) is 5.22. The molecule has 4 heteroatoms. The molecule has 4 nitrogen and oxygen atoms in total. The Hall–Kier alpha value is -2.01. The molecule has 0 aromatic heterocycles. The second-order valence-electron chi connectivity index (χ2n) is 3.17. The Morgan fingerprint density at radius 1 is 0.833 bits per heavy atom. The average Bonchev–Trinajstić information content (AvgIpc) is 2.51. The second-order valence-corrected chi connectivity index (χ2v) is 3.17. The Labute approximate surface area is 106 Å². The van der Waals surface area contributed by atoms with Crippen molar-refractivity contribution in [3.8, 4) is 0 Å². The van der Waals surface area contributed by atoms with Crippen molar-refractivity contribution in [1.29, 1.82) is 0 Å². The molecular weight excluding hydrogens is 232 g/mol. The fraction of sp³-hybridized carbons (Fsp3) is 0.0714. The summed E-state index contributed by atoms with van der Waals surface area (Å²) in [7, 11) is 0. The van der Waals surface area contributed by atoms with Crippen LogP contribution in [-0.4, -0.2) is 21.9 Å². The van der Waals surface area contributed by atoms with Gasteiger partial charge in [-0.2, -0.15) is 0 Å². The topological polar surface area (TPSA) is 77.8 Å². The quantitative estimate of drug-likeness (QED) is 0.434. The summed E-state index contributed by atoms with van der Waals surface area (Å²) in [6.45, 7) is 0.140. The molecule has 96 valence electrons. The van der Waals surface area contributed by atoms with Crippen molar-refractivity contribution in [2.24, 2.45) is 0 Å². The Morgan fingerprint density at radius 2 is 1.28 bits per heavy atom. The monoisotopic (exact) mass is 248 g/mol. The van der Waals surface area contributed by atoms with Crippen LogP contribution in [0.5, 0.6) is 0 Å². The first-order chi connectivity index (χ1) is 8.86. The largest absolute Gasteiger partial charge is 0.392 e. The van der Waals surface area contributed by atoms with Crippen LogP contribution in [0.25, 0.3) is 0 Å². The molecule has 2 rings (SSSR count). The van der Waals surface area contributed by atoms with Crippen LogP contribution in [0.2, 0.25) is 0 Å². The molecule has 0 aliphatic rings. The fourth-order valence-electron chi connectivity index (χ4n) is 1.12. The van der Waals surface area contributed by atoms with Gasteiger partial charge in [0.15, 0.2) is 0 Å². The molecule has 0 radical (unpaired) electrons. The summed E-state index contributed by atoms with van der Waals surface area (Å²) >= 11 is 0. The maximum Gasteiger partial charge on any atom is 0.150 e. The minimum absolute atomic E-state index is 0.140. The van der Waals surface area contributed by atoms with Crippen molar-refractivity contribution >= 4 is 6.29 Å². The van der Waals surface area contributed by atoms with Crippen LogP contribution in [-0.2, 0) is 6.61 Å². The lowest BCUT2D eigenvalue weighted by Crippen LogP contribution is -1.77. The number of carbonyl (C=O) groups excluding carboxylic acids is 1.